The van der Waals surface area contributed by atoms with Crippen molar-refractivity contribution in [2.24, 2.45) is 5.41 Å². The molecule has 0 bridgehead atoms. The van der Waals surface area contributed by atoms with Crippen molar-refractivity contribution >= 4 is 5.91 Å². The summed E-state index contributed by atoms with van der Waals surface area (Å²) >= 11 is 0. The molecule has 1 heterocycles. The largest absolute Gasteiger partial charge is 0.339 e. The van der Waals surface area contributed by atoms with Crippen LogP contribution in [0.15, 0.2) is 0 Å². The van der Waals surface area contributed by atoms with Gasteiger partial charge in [0, 0.05) is 12.6 Å². The first-order chi connectivity index (χ1) is 9.23. The molecule has 1 saturated heterocycles. The SMILES string of the molecule is CCCCN(C(=O)C1(CCC)CCNCC1)C1CC1. The van der Waals surface area contributed by atoms with Crippen molar-refractivity contribution in [1.82, 2.24) is 10.2 Å². The van der Waals surface area contributed by atoms with Gasteiger partial charge >= 0.3 is 0 Å². The molecule has 0 spiro atoms. The number of piperidine rings is 1. The number of carbonyl (C=O) groups excluding carboxylic acids is 1. The van der Waals surface area contributed by atoms with Crippen LogP contribution in [-0.2, 0) is 4.79 Å². The van der Waals surface area contributed by atoms with Gasteiger partial charge in [-0.25, -0.2) is 0 Å². The normalized spacial score (nSPS) is 22.2. The summed E-state index contributed by atoms with van der Waals surface area (Å²) in [5.41, 5.74) is -0.0453. The first-order valence-electron chi connectivity index (χ1n) is 8.25. The molecule has 110 valence electrons. The van der Waals surface area contributed by atoms with Gasteiger partial charge in [0.2, 0.25) is 5.91 Å². The molecule has 19 heavy (non-hydrogen) atoms. The minimum Gasteiger partial charge on any atom is -0.339 e. The number of hydrogen-bond donors (Lipinski definition) is 1. The van der Waals surface area contributed by atoms with Gasteiger partial charge in [0.25, 0.3) is 0 Å². The lowest BCUT2D eigenvalue weighted by molar-refractivity contribution is -0.145. The zero-order valence-electron chi connectivity index (χ0n) is 12.7. The van der Waals surface area contributed by atoms with E-state index in [1.54, 1.807) is 0 Å². The molecule has 1 aliphatic heterocycles. The summed E-state index contributed by atoms with van der Waals surface area (Å²) in [5.74, 6) is 0.479. The molecule has 0 aromatic heterocycles. The van der Waals surface area contributed by atoms with Crippen LogP contribution >= 0.6 is 0 Å². The van der Waals surface area contributed by atoms with E-state index in [-0.39, 0.29) is 5.41 Å². The maximum Gasteiger partial charge on any atom is 0.229 e. The van der Waals surface area contributed by atoms with Crippen molar-refractivity contribution in [2.45, 2.75) is 71.3 Å². The standard InChI is InChI=1S/C16H30N2O/c1-3-5-13-18(14-6-7-14)15(19)16(8-4-2)9-11-17-12-10-16/h14,17H,3-13H2,1-2H3. The highest BCUT2D eigenvalue weighted by Crippen LogP contribution is 2.39. The number of nitrogens with zero attached hydrogens (tertiary/aromatic N) is 1. The van der Waals surface area contributed by atoms with Gasteiger partial charge < -0.3 is 10.2 Å². The molecule has 0 atom stereocenters. The predicted octanol–water partition coefficient (Wildman–Crippen LogP) is 2.95. The first kappa shape index (κ1) is 14.8. The number of nitrogens with one attached hydrogen (secondary N) is 1. The van der Waals surface area contributed by atoms with E-state index >= 15 is 0 Å². The summed E-state index contributed by atoms with van der Waals surface area (Å²) in [6, 6.07) is 0.572. The zero-order chi connectivity index (χ0) is 13.7. The van der Waals surface area contributed by atoms with Crippen LogP contribution in [0.25, 0.3) is 0 Å². The Bertz CT molecular complexity index is 288. The topological polar surface area (TPSA) is 32.3 Å². The minimum absolute atomic E-state index is 0.0453. The fourth-order valence-electron chi connectivity index (χ4n) is 3.42. The van der Waals surface area contributed by atoms with Crippen LogP contribution < -0.4 is 5.32 Å². The van der Waals surface area contributed by atoms with Crippen LogP contribution in [0.1, 0.15) is 65.2 Å². The van der Waals surface area contributed by atoms with Crippen LogP contribution in [0.3, 0.4) is 0 Å². The molecule has 2 fully saturated rings. The number of amides is 1. The van der Waals surface area contributed by atoms with Crippen molar-refractivity contribution in [1.29, 1.82) is 0 Å². The van der Waals surface area contributed by atoms with E-state index < -0.39 is 0 Å². The van der Waals surface area contributed by atoms with Crippen LogP contribution in [-0.4, -0.2) is 36.5 Å². The smallest absolute Gasteiger partial charge is 0.229 e. The van der Waals surface area contributed by atoms with Crippen LogP contribution in [0.2, 0.25) is 0 Å². The molecule has 0 radical (unpaired) electrons. The fraction of sp³-hybridized carbons (Fsp3) is 0.938. The number of hydrogen-bond acceptors (Lipinski definition) is 2. The van der Waals surface area contributed by atoms with Crippen molar-refractivity contribution in [3.8, 4) is 0 Å². The molecule has 1 N–H and O–H groups in total. The summed E-state index contributed by atoms with van der Waals surface area (Å²) in [6.07, 6.45) is 9.07. The van der Waals surface area contributed by atoms with Gasteiger partial charge in [-0.15, -0.1) is 0 Å². The van der Waals surface area contributed by atoms with Gasteiger partial charge in [0.15, 0.2) is 0 Å². The van der Waals surface area contributed by atoms with Gasteiger partial charge in [0.05, 0.1) is 5.41 Å². The second kappa shape index (κ2) is 6.74. The van der Waals surface area contributed by atoms with Crippen LogP contribution in [0.5, 0.6) is 0 Å². The Kier molecular flexibility index (Phi) is 5.26. The Labute approximate surface area is 118 Å². The molecule has 2 aliphatic rings. The van der Waals surface area contributed by atoms with Gasteiger partial charge in [0.1, 0.15) is 0 Å². The lowest BCUT2D eigenvalue weighted by Gasteiger charge is -2.40. The molecule has 3 nitrogen and oxygen atoms in total. The molecular weight excluding hydrogens is 236 g/mol. The highest BCUT2D eigenvalue weighted by atomic mass is 16.2. The third-order valence-electron chi connectivity index (χ3n) is 4.74. The Morgan fingerprint density at radius 2 is 1.89 bits per heavy atom. The third kappa shape index (κ3) is 3.50. The molecule has 0 unspecified atom stereocenters. The summed E-state index contributed by atoms with van der Waals surface area (Å²) in [4.78, 5) is 15.3. The molecule has 0 aromatic carbocycles. The molecule has 2 rings (SSSR count). The maximum absolute atomic E-state index is 13.1. The molecule has 3 heteroatoms. The minimum atomic E-state index is -0.0453. The van der Waals surface area contributed by atoms with Crippen molar-refractivity contribution in [3.63, 3.8) is 0 Å². The lowest BCUT2D eigenvalue weighted by Crippen LogP contribution is -2.50. The summed E-state index contributed by atoms with van der Waals surface area (Å²) in [6.45, 7) is 7.43. The lowest BCUT2D eigenvalue weighted by atomic mass is 9.74. The van der Waals surface area contributed by atoms with E-state index in [4.69, 9.17) is 0 Å². The van der Waals surface area contributed by atoms with Gasteiger partial charge in [-0.05, 0) is 51.6 Å². The monoisotopic (exact) mass is 266 g/mol. The maximum atomic E-state index is 13.1. The van der Waals surface area contributed by atoms with Crippen molar-refractivity contribution in [2.75, 3.05) is 19.6 Å². The fourth-order valence-corrected chi connectivity index (χ4v) is 3.42. The van der Waals surface area contributed by atoms with Crippen LogP contribution in [0.4, 0.5) is 0 Å². The number of rotatable bonds is 7. The van der Waals surface area contributed by atoms with Crippen LogP contribution in [0, 0.1) is 5.41 Å². The zero-order valence-corrected chi connectivity index (χ0v) is 12.7. The van der Waals surface area contributed by atoms with Gasteiger partial charge in [-0.3, -0.25) is 4.79 Å². The Hall–Kier alpha value is -0.570. The number of carbonyl (C=O) groups is 1. The Balaban J connectivity index is 2.07. The Morgan fingerprint density at radius 1 is 1.21 bits per heavy atom. The Morgan fingerprint density at radius 3 is 2.42 bits per heavy atom. The highest BCUT2D eigenvalue weighted by Gasteiger charge is 2.44. The summed E-state index contributed by atoms with van der Waals surface area (Å²) < 4.78 is 0. The van der Waals surface area contributed by atoms with Crippen molar-refractivity contribution < 1.29 is 4.79 Å². The van der Waals surface area contributed by atoms with Crippen molar-refractivity contribution in [3.05, 3.63) is 0 Å². The highest BCUT2D eigenvalue weighted by molar-refractivity contribution is 5.83. The average molecular weight is 266 g/mol. The molecule has 1 amide bonds. The molecule has 1 saturated carbocycles. The summed E-state index contributed by atoms with van der Waals surface area (Å²) in [7, 11) is 0. The van der Waals surface area contributed by atoms with E-state index in [2.05, 4.69) is 24.1 Å². The van der Waals surface area contributed by atoms with E-state index in [1.807, 2.05) is 0 Å². The first-order valence-corrected chi connectivity index (χ1v) is 8.25. The molecule has 0 aromatic rings. The average Bonchev–Trinajstić information content (AvgIpc) is 3.25. The van der Waals surface area contributed by atoms with E-state index in [0.717, 1.165) is 51.7 Å². The third-order valence-corrected chi connectivity index (χ3v) is 4.74. The van der Waals surface area contributed by atoms with Gasteiger partial charge in [-0.2, -0.15) is 0 Å². The predicted molar refractivity (Wildman–Crippen MR) is 79.1 cm³/mol. The quantitative estimate of drug-likeness (QED) is 0.768. The summed E-state index contributed by atoms with van der Waals surface area (Å²) in [5, 5.41) is 3.41. The van der Waals surface area contributed by atoms with E-state index in [1.165, 1.54) is 19.3 Å². The molecular formula is C16H30N2O. The second-order valence-electron chi connectivity index (χ2n) is 6.36. The van der Waals surface area contributed by atoms with E-state index in [0.29, 0.717) is 11.9 Å². The second-order valence-corrected chi connectivity index (χ2v) is 6.36. The van der Waals surface area contributed by atoms with E-state index in [9.17, 15) is 4.79 Å². The molecule has 1 aliphatic carbocycles. The van der Waals surface area contributed by atoms with Gasteiger partial charge in [-0.1, -0.05) is 26.7 Å². The number of unbranched alkanes of at least 4 members (excludes halogenated alkanes) is 1.